The predicted octanol–water partition coefficient (Wildman–Crippen LogP) is 3.21. The summed E-state index contributed by atoms with van der Waals surface area (Å²) in [4.78, 5) is 25.3. The van der Waals surface area contributed by atoms with Crippen molar-refractivity contribution in [2.45, 2.75) is 12.8 Å². The normalized spacial score (nSPS) is 11.8. The van der Waals surface area contributed by atoms with E-state index < -0.39 is 17.5 Å². The second kappa shape index (κ2) is 6.58. The van der Waals surface area contributed by atoms with Gasteiger partial charge in [0, 0.05) is 26.2 Å². The average molecular weight is 382 g/mol. The van der Waals surface area contributed by atoms with Crippen LogP contribution in [0.5, 0.6) is 0 Å². The van der Waals surface area contributed by atoms with Gasteiger partial charge >= 0.3 is 0 Å². The molecular formula is C16H14ClF2N5O2. The van der Waals surface area contributed by atoms with Gasteiger partial charge in [-0.15, -0.1) is 0 Å². The fraction of sp³-hybridized carbons (Fsp3) is 0.250. The number of fused-ring (bicyclic) bond motifs is 1. The number of carbonyl (C=O) groups excluding carboxylic acids is 1. The molecule has 136 valence electrons. The molecule has 0 radical (unpaired) electrons. The highest BCUT2D eigenvalue weighted by Crippen LogP contribution is 2.28. The van der Waals surface area contributed by atoms with Crippen molar-refractivity contribution in [3.05, 3.63) is 47.0 Å². The molecule has 0 aliphatic rings. The summed E-state index contributed by atoms with van der Waals surface area (Å²) in [6.45, 7) is 0.754. The molecule has 1 amide bonds. The molecule has 0 saturated heterocycles. The summed E-state index contributed by atoms with van der Waals surface area (Å²) >= 11 is 5.95. The quantitative estimate of drug-likeness (QED) is 0.512. The van der Waals surface area contributed by atoms with E-state index in [1.54, 1.807) is 0 Å². The summed E-state index contributed by atoms with van der Waals surface area (Å²) in [6, 6.07) is 5.64. The summed E-state index contributed by atoms with van der Waals surface area (Å²) in [6.07, 6.45) is 1.39. The van der Waals surface area contributed by atoms with E-state index >= 15 is 0 Å². The monoisotopic (exact) mass is 381 g/mol. The Hall–Kier alpha value is -2.65. The standard InChI is InChI=1S/C16H14ClF2N5O2/c1-16(18,19)11-5-4-6-13(21-11)24-10-7-12(17)20-8-9(10)14(22-24)15(25)23(2)26-3/h4-8H,1-3H3. The van der Waals surface area contributed by atoms with E-state index in [0.717, 1.165) is 12.0 Å². The Kier molecular flexibility index (Phi) is 4.59. The molecule has 7 nitrogen and oxygen atoms in total. The Bertz CT molecular complexity index is 986. The first-order valence-corrected chi connectivity index (χ1v) is 7.82. The van der Waals surface area contributed by atoms with Crippen molar-refractivity contribution in [1.29, 1.82) is 0 Å². The number of halogens is 3. The molecular weight excluding hydrogens is 368 g/mol. The molecule has 3 heterocycles. The van der Waals surface area contributed by atoms with E-state index in [9.17, 15) is 13.6 Å². The highest BCUT2D eigenvalue weighted by Gasteiger charge is 2.27. The van der Waals surface area contributed by atoms with Gasteiger partial charge in [0.1, 0.15) is 10.8 Å². The molecule has 0 aliphatic heterocycles. The average Bonchev–Trinajstić information content (AvgIpc) is 2.98. The van der Waals surface area contributed by atoms with Crippen LogP contribution in [-0.2, 0) is 10.8 Å². The summed E-state index contributed by atoms with van der Waals surface area (Å²) < 4.78 is 28.5. The van der Waals surface area contributed by atoms with Crippen molar-refractivity contribution in [3.8, 4) is 5.82 Å². The van der Waals surface area contributed by atoms with Gasteiger partial charge in [-0.2, -0.15) is 13.9 Å². The van der Waals surface area contributed by atoms with E-state index in [1.807, 2.05) is 0 Å². The first-order chi connectivity index (χ1) is 12.2. The maximum Gasteiger partial charge on any atom is 0.298 e. The number of amides is 1. The molecule has 0 unspecified atom stereocenters. The third-order valence-electron chi connectivity index (χ3n) is 3.70. The molecule has 0 atom stereocenters. The molecule has 3 rings (SSSR count). The topological polar surface area (TPSA) is 73.1 Å². The second-order valence-electron chi connectivity index (χ2n) is 5.54. The number of alkyl halides is 2. The van der Waals surface area contributed by atoms with E-state index in [1.165, 1.54) is 49.3 Å². The van der Waals surface area contributed by atoms with Crippen LogP contribution in [0.25, 0.3) is 16.7 Å². The van der Waals surface area contributed by atoms with Gasteiger partial charge in [-0.1, -0.05) is 17.7 Å². The van der Waals surface area contributed by atoms with Crippen LogP contribution >= 0.6 is 11.6 Å². The van der Waals surface area contributed by atoms with Crippen molar-refractivity contribution >= 4 is 28.4 Å². The second-order valence-corrected chi connectivity index (χ2v) is 5.93. The number of hydrogen-bond donors (Lipinski definition) is 0. The fourth-order valence-corrected chi connectivity index (χ4v) is 2.49. The van der Waals surface area contributed by atoms with Crippen LogP contribution in [-0.4, -0.2) is 44.9 Å². The maximum absolute atomic E-state index is 13.6. The van der Waals surface area contributed by atoms with Crippen molar-refractivity contribution in [2.75, 3.05) is 14.2 Å². The SMILES string of the molecule is CON(C)C(=O)c1nn(-c2cccc(C(C)(F)F)n2)c2cc(Cl)ncc12. The first-order valence-electron chi connectivity index (χ1n) is 7.44. The Labute approximate surface area is 152 Å². The minimum Gasteiger partial charge on any atom is -0.274 e. The molecule has 0 N–H and O–H groups in total. The molecule has 0 aromatic carbocycles. The van der Waals surface area contributed by atoms with Crippen molar-refractivity contribution in [3.63, 3.8) is 0 Å². The molecule has 0 fully saturated rings. The van der Waals surface area contributed by atoms with Gasteiger partial charge in [0.15, 0.2) is 11.5 Å². The van der Waals surface area contributed by atoms with Crippen molar-refractivity contribution in [1.82, 2.24) is 24.8 Å². The minimum atomic E-state index is -3.12. The lowest BCUT2D eigenvalue weighted by Crippen LogP contribution is -2.26. The largest absolute Gasteiger partial charge is 0.298 e. The third-order valence-corrected chi connectivity index (χ3v) is 3.90. The minimum absolute atomic E-state index is 0.0315. The van der Waals surface area contributed by atoms with Gasteiger partial charge in [-0.25, -0.2) is 19.7 Å². The Morgan fingerprint density at radius 3 is 2.77 bits per heavy atom. The van der Waals surface area contributed by atoms with Crippen molar-refractivity contribution < 1.29 is 18.4 Å². The van der Waals surface area contributed by atoms with E-state index in [4.69, 9.17) is 16.4 Å². The maximum atomic E-state index is 13.6. The molecule has 3 aromatic rings. The smallest absolute Gasteiger partial charge is 0.274 e. The summed E-state index contributed by atoms with van der Waals surface area (Å²) in [5, 5.41) is 5.77. The van der Waals surface area contributed by atoms with Crippen LogP contribution in [0.1, 0.15) is 23.1 Å². The first kappa shape index (κ1) is 18.2. The molecule has 0 spiro atoms. The predicted molar refractivity (Wildman–Crippen MR) is 90.3 cm³/mol. The Morgan fingerprint density at radius 2 is 2.12 bits per heavy atom. The van der Waals surface area contributed by atoms with Crippen LogP contribution in [0.4, 0.5) is 8.78 Å². The van der Waals surface area contributed by atoms with Gasteiger partial charge < -0.3 is 0 Å². The number of carbonyl (C=O) groups is 1. The zero-order chi connectivity index (χ0) is 19.1. The van der Waals surface area contributed by atoms with E-state index in [2.05, 4.69) is 15.1 Å². The molecule has 0 bridgehead atoms. The zero-order valence-electron chi connectivity index (χ0n) is 14.1. The summed E-state index contributed by atoms with van der Waals surface area (Å²) in [5.74, 6) is -3.53. The number of pyridine rings is 2. The van der Waals surface area contributed by atoms with Crippen LogP contribution in [0.2, 0.25) is 5.15 Å². The number of nitrogens with zero attached hydrogens (tertiary/aromatic N) is 5. The van der Waals surface area contributed by atoms with Gasteiger partial charge in [-0.3, -0.25) is 9.63 Å². The molecule has 26 heavy (non-hydrogen) atoms. The fourth-order valence-electron chi connectivity index (χ4n) is 2.34. The van der Waals surface area contributed by atoms with Crippen LogP contribution in [0, 0.1) is 0 Å². The van der Waals surface area contributed by atoms with Gasteiger partial charge in [-0.05, 0) is 12.1 Å². The van der Waals surface area contributed by atoms with E-state index in [0.29, 0.717) is 10.9 Å². The highest BCUT2D eigenvalue weighted by molar-refractivity contribution is 6.30. The summed E-state index contributed by atoms with van der Waals surface area (Å²) in [5.41, 5.74) is 0.0200. The number of hydrogen-bond acceptors (Lipinski definition) is 5. The lowest BCUT2D eigenvalue weighted by atomic mass is 10.2. The number of aromatic nitrogens is 4. The highest BCUT2D eigenvalue weighted by atomic mass is 35.5. The number of rotatable bonds is 4. The zero-order valence-corrected chi connectivity index (χ0v) is 14.8. The summed E-state index contributed by atoms with van der Waals surface area (Å²) in [7, 11) is 2.76. The Balaban J connectivity index is 2.24. The van der Waals surface area contributed by atoms with Crippen molar-refractivity contribution in [2.24, 2.45) is 0 Å². The molecule has 0 aliphatic carbocycles. The van der Waals surface area contributed by atoms with Gasteiger partial charge in [0.25, 0.3) is 11.8 Å². The van der Waals surface area contributed by atoms with E-state index in [-0.39, 0.29) is 16.7 Å². The molecule has 10 heteroatoms. The van der Waals surface area contributed by atoms with Gasteiger partial charge in [0.2, 0.25) is 0 Å². The van der Waals surface area contributed by atoms with Crippen LogP contribution in [0.3, 0.4) is 0 Å². The molecule has 0 saturated carbocycles. The Morgan fingerprint density at radius 1 is 1.38 bits per heavy atom. The third kappa shape index (κ3) is 3.23. The van der Waals surface area contributed by atoms with Gasteiger partial charge in [0.05, 0.1) is 18.0 Å². The lowest BCUT2D eigenvalue weighted by molar-refractivity contribution is -0.0759. The van der Waals surface area contributed by atoms with Crippen LogP contribution < -0.4 is 0 Å². The number of hydroxylamine groups is 2. The molecule has 3 aromatic heterocycles. The van der Waals surface area contributed by atoms with Crippen LogP contribution in [0.15, 0.2) is 30.5 Å². The lowest BCUT2D eigenvalue weighted by Gasteiger charge is -2.12.